The number of carbonyl (C=O) groups is 1. The normalized spacial score (nSPS) is 10.6. The molecule has 0 bridgehead atoms. The summed E-state index contributed by atoms with van der Waals surface area (Å²) in [5.74, 6) is 6.91. The van der Waals surface area contributed by atoms with Crippen LogP contribution < -0.4 is 15.4 Å². The van der Waals surface area contributed by atoms with E-state index in [0.717, 1.165) is 33.6 Å². The molecule has 184 valence electrons. The Bertz CT molecular complexity index is 1650. The molecule has 5 rings (SSSR count). The van der Waals surface area contributed by atoms with Gasteiger partial charge in [0.05, 0.1) is 5.52 Å². The lowest BCUT2D eigenvalue weighted by Gasteiger charge is -2.13. The third-order valence-corrected chi connectivity index (χ3v) is 5.59. The van der Waals surface area contributed by atoms with Gasteiger partial charge in [-0.25, -0.2) is 15.0 Å². The number of aliphatic hydroxyl groups is 1. The number of nitrogens with zero attached hydrogens (tertiary/aromatic N) is 4. The van der Waals surface area contributed by atoms with Gasteiger partial charge in [0.2, 0.25) is 0 Å². The maximum atomic E-state index is 12.1. The van der Waals surface area contributed by atoms with Crippen LogP contribution in [0.3, 0.4) is 0 Å². The highest BCUT2D eigenvalue weighted by atomic mass is 16.5. The van der Waals surface area contributed by atoms with E-state index in [1.54, 1.807) is 18.3 Å². The molecule has 3 N–H and O–H groups in total. The zero-order valence-corrected chi connectivity index (χ0v) is 20.1. The fourth-order valence-electron chi connectivity index (χ4n) is 3.77. The average molecular weight is 493 g/mol. The first kappa shape index (κ1) is 23.8. The summed E-state index contributed by atoms with van der Waals surface area (Å²) in [5.41, 5.74) is 3.90. The van der Waals surface area contributed by atoms with E-state index in [1.165, 1.54) is 6.33 Å². The molecular formula is C28H24N6O3. The smallest absolute Gasteiger partial charge is 0.300 e. The quantitative estimate of drug-likeness (QED) is 0.220. The maximum Gasteiger partial charge on any atom is 0.300 e. The average Bonchev–Trinajstić information content (AvgIpc) is 3.37. The topological polar surface area (TPSA) is 114 Å². The van der Waals surface area contributed by atoms with Gasteiger partial charge in [0.25, 0.3) is 5.91 Å². The summed E-state index contributed by atoms with van der Waals surface area (Å²) in [4.78, 5) is 25.2. The van der Waals surface area contributed by atoms with Gasteiger partial charge in [-0.1, -0.05) is 5.92 Å². The van der Waals surface area contributed by atoms with Crippen LogP contribution in [0.25, 0.3) is 16.6 Å². The second-order valence-electron chi connectivity index (χ2n) is 8.30. The Hall–Kier alpha value is -4.94. The molecule has 0 unspecified atom stereocenters. The molecule has 0 saturated heterocycles. The van der Waals surface area contributed by atoms with Crippen molar-refractivity contribution in [2.24, 2.45) is 0 Å². The number of aliphatic hydroxyl groups excluding tert-OH is 1. The summed E-state index contributed by atoms with van der Waals surface area (Å²) >= 11 is 0. The lowest BCUT2D eigenvalue weighted by Crippen LogP contribution is -2.08. The first-order valence-electron chi connectivity index (χ1n) is 11.7. The summed E-state index contributed by atoms with van der Waals surface area (Å²) in [6.45, 7) is 2.02. The molecule has 0 fully saturated rings. The SMILES string of the molecule is Cc1cc(Nc2ncnc3ccc(NC(=O)C#CCCCO)cc23)ccc1Oc1ccn2ccnc2c1. The zero-order chi connectivity index (χ0) is 25.6. The van der Waals surface area contributed by atoms with Crippen molar-refractivity contribution in [3.8, 4) is 23.3 Å². The minimum Gasteiger partial charge on any atom is -0.457 e. The van der Waals surface area contributed by atoms with E-state index in [0.29, 0.717) is 30.1 Å². The number of unbranched alkanes of at least 4 members (excludes halogenated alkanes) is 1. The van der Waals surface area contributed by atoms with Gasteiger partial charge in [-0.3, -0.25) is 4.79 Å². The summed E-state index contributed by atoms with van der Waals surface area (Å²) in [6, 6.07) is 15.0. The summed E-state index contributed by atoms with van der Waals surface area (Å²) < 4.78 is 8.00. The molecule has 37 heavy (non-hydrogen) atoms. The van der Waals surface area contributed by atoms with Crippen molar-refractivity contribution in [3.63, 3.8) is 0 Å². The van der Waals surface area contributed by atoms with Crippen LogP contribution in [-0.2, 0) is 4.79 Å². The van der Waals surface area contributed by atoms with Gasteiger partial charge in [-0.05, 0) is 67.3 Å². The molecular weight excluding hydrogens is 468 g/mol. The number of hydrogen-bond acceptors (Lipinski definition) is 7. The van der Waals surface area contributed by atoms with Gasteiger partial charge in [-0.15, -0.1) is 0 Å². The summed E-state index contributed by atoms with van der Waals surface area (Å²) in [7, 11) is 0. The zero-order valence-electron chi connectivity index (χ0n) is 20.1. The standard InChI is InChI=1S/C28H24N6O3/c1-19-15-20(7-9-25(19)37-22-10-12-34-13-11-29-26(34)17-22)33-28-23-16-21(6-8-24(23)30-18-31-28)32-27(36)5-3-2-4-14-35/h6-13,15-18,35H,2,4,14H2,1H3,(H,32,36)(H,30,31,33). The van der Waals surface area contributed by atoms with E-state index < -0.39 is 5.91 Å². The Morgan fingerprint density at radius 1 is 1.05 bits per heavy atom. The van der Waals surface area contributed by atoms with Crippen LogP contribution in [0.1, 0.15) is 18.4 Å². The first-order chi connectivity index (χ1) is 18.1. The van der Waals surface area contributed by atoms with Crippen molar-refractivity contribution in [3.05, 3.63) is 79.0 Å². The fourth-order valence-corrected chi connectivity index (χ4v) is 3.77. The van der Waals surface area contributed by atoms with Crippen molar-refractivity contribution >= 4 is 39.6 Å². The molecule has 1 amide bonds. The first-order valence-corrected chi connectivity index (χ1v) is 11.7. The third kappa shape index (κ3) is 5.66. The molecule has 0 radical (unpaired) electrons. The lowest BCUT2D eigenvalue weighted by atomic mass is 10.1. The van der Waals surface area contributed by atoms with Crippen LogP contribution in [0.5, 0.6) is 11.5 Å². The number of fused-ring (bicyclic) bond motifs is 2. The van der Waals surface area contributed by atoms with E-state index in [9.17, 15) is 4.79 Å². The lowest BCUT2D eigenvalue weighted by molar-refractivity contribution is -0.111. The largest absolute Gasteiger partial charge is 0.457 e. The van der Waals surface area contributed by atoms with Crippen molar-refractivity contribution in [2.45, 2.75) is 19.8 Å². The Balaban J connectivity index is 1.33. The Morgan fingerprint density at radius 2 is 1.95 bits per heavy atom. The molecule has 0 aliphatic carbocycles. The molecule has 0 saturated carbocycles. The van der Waals surface area contributed by atoms with Gasteiger partial charge < -0.3 is 24.9 Å². The van der Waals surface area contributed by atoms with E-state index in [-0.39, 0.29) is 6.61 Å². The summed E-state index contributed by atoms with van der Waals surface area (Å²) in [5, 5.41) is 15.7. The number of rotatable bonds is 7. The molecule has 3 heterocycles. The number of ether oxygens (including phenoxy) is 1. The maximum absolute atomic E-state index is 12.1. The molecule has 5 aromatic rings. The van der Waals surface area contributed by atoms with E-state index in [1.807, 2.05) is 60.1 Å². The predicted molar refractivity (Wildman–Crippen MR) is 142 cm³/mol. The van der Waals surface area contributed by atoms with E-state index in [4.69, 9.17) is 9.84 Å². The number of carbonyl (C=O) groups excluding carboxylic acids is 1. The number of hydrogen-bond donors (Lipinski definition) is 3. The fraction of sp³-hybridized carbons (Fsp3) is 0.143. The molecule has 2 aromatic carbocycles. The molecule has 0 spiro atoms. The predicted octanol–water partition coefficient (Wildman–Crippen LogP) is 4.84. The number of aromatic nitrogens is 4. The van der Waals surface area contributed by atoms with Crippen molar-refractivity contribution < 1.29 is 14.6 Å². The highest BCUT2D eigenvalue weighted by molar-refractivity contribution is 6.05. The van der Waals surface area contributed by atoms with Crippen molar-refractivity contribution in [1.29, 1.82) is 0 Å². The number of benzene rings is 2. The van der Waals surface area contributed by atoms with Crippen LogP contribution in [0.2, 0.25) is 0 Å². The van der Waals surface area contributed by atoms with Crippen LogP contribution in [0, 0.1) is 18.8 Å². The van der Waals surface area contributed by atoms with Crippen LogP contribution in [0.15, 0.2) is 73.4 Å². The van der Waals surface area contributed by atoms with E-state index in [2.05, 4.69) is 37.4 Å². The Morgan fingerprint density at radius 3 is 2.81 bits per heavy atom. The molecule has 9 nitrogen and oxygen atoms in total. The number of amides is 1. The van der Waals surface area contributed by atoms with Crippen molar-refractivity contribution in [1.82, 2.24) is 19.4 Å². The highest BCUT2D eigenvalue weighted by Gasteiger charge is 2.09. The van der Waals surface area contributed by atoms with Crippen LogP contribution >= 0.6 is 0 Å². The highest BCUT2D eigenvalue weighted by Crippen LogP contribution is 2.30. The van der Waals surface area contributed by atoms with Gasteiger partial charge >= 0.3 is 0 Å². The monoisotopic (exact) mass is 492 g/mol. The number of aryl methyl sites for hydroxylation is 1. The van der Waals surface area contributed by atoms with Crippen molar-refractivity contribution in [2.75, 3.05) is 17.2 Å². The van der Waals surface area contributed by atoms with Gasteiger partial charge in [0, 0.05) is 54.4 Å². The third-order valence-electron chi connectivity index (χ3n) is 5.59. The molecule has 0 atom stereocenters. The Kier molecular flexibility index (Phi) is 6.92. The second-order valence-corrected chi connectivity index (χ2v) is 8.30. The number of nitrogens with one attached hydrogen (secondary N) is 2. The number of pyridine rings is 1. The molecule has 3 aromatic heterocycles. The molecule has 9 heteroatoms. The Labute approximate surface area is 213 Å². The van der Waals surface area contributed by atoms with E-state index >= 15 is 0 Å². The minimum atomic E-state index is -0.415. The number of anilines is 3. The van der Waals surface area contributed by atoms with Gasteiger partial charge in [0.1, 0.15) is 29.3 Å². The van der Waals surface area contributed by atoms with Gasteiger partial charge in [0.15, 0.2) is 0 Å². The number of imidazole rings is 1. The molecule has 0 aliphatic rings. The van der Waals surface area contributed by atoms with Crippen LogP contribution in [-0.4, -0.2) is 37.0 Å². The summed E-state index contributed by atoms with van der Waals surface area (Å²) in [6.07, 6.45) is 8.03. The molecule has 0 aliphatic heterocycles. The minimum absolute atomic E-state index is 0.0500. The second kappa shape index (κ2) is 10.8. The van der Waals surface area contributed by atoms with Gasteiger partial charge in [-0.2, -0.15) is 0 Å². The van der Waals surface area contributed by atoms with Crippen LogP contribution in [0.4, 0.5) is 17.2 Å².